The number of hydrogen-bond acceptors (Lipinski definition) is 3. The van der Waals surface area contributed by atoms with Gasteiger partial charge in [-0.2, -0.15) is 0 Å². The Hall–Kier alpha value is -1.16. The number of aliphatic carboxylic acids is 1. The summed E-state index contributed by atoms with van der Waals surface area (Å²) < 4.78 is 5.12. The summed E-state index contributed by atoms with van der Waals surface area (Å²) in [6.07, 6.45) is 1.03. The molecule has 1 saturated heterocycles. The molecular weight excluding hydrogens is 196 g/mol. The average molecular weight is 212 g/mol. The van der Waals surface area contributed by atoms with Gasteiger partial charge in [0, 0.05) is 6.42 Å². The van der Waals surface area contributed by atoms with E-state index in [1.807, 2.05) is 6.92 Å². The highest BCUT2D eigenvalue weighted by atomic mass is 16.5. The van der Waals surface area contributed by atoms with Crippen LogP contribution in [0.4, 0.5) is 0 Å². The molecule has 1 rings (SSSR count). The lowest BCUT2D eigenvalue weighted by atomic mass is 9.77. The van der Waals surface area contributed by atoms with Gasteiger partial charge in [0.15, 0.2) is 5.78 Å². The third-order valence-electron chi connectivity index (χ3n) is 2.74. The fraction of sp³-hybridized carbons (Fsp3) is 0.636. The predicted molar refractivity (Wildman–Crippen MR) is 54.6 cm³/mol. The molecule has 1 atom stereocenters. The van der Waals surface area contributed by atoms with E-state index >= 15 is 0 Å². The van der Waals surface area contributed by atoms with Crippen molar-refractivity contribution in [1.29, 1.82) is 0 Å². The number of allylic oxidation sites excluding steroid dienone is 1. The molecule has 0 radical (unpaired) electrons. The molecule has 1 N–H and O–H groups in total. The number of carboxylic acid groups (broad SMARTS) is 1. The smallest absolute Gasteiger partial charge is 0.319 e. The standard InChI is InChI=1S/C11H16O4/c1-8(2)3-5-11(10(13)14)7-15-6-4-9(11)12/h1,3-7H2,2H3,(H,13,14). The van der Waals surface area contributed by atoms with E-state index < -0.39 is 11.4 Å². The van der Waals surface area contributed by atoms with Crippen molar-refractivity contribution < 1.29 is 19.4 Å². The quantitative estimate of drug-likeness (QED) is 0.565. The number of carboxylic acids is 1. The van der Waals surface area contributed by atoms with Crippen molar-refractivity contribution in [2.45, 2.75) is 26.2 Å². The van der Waals surface area contributed by atoms with Crippen molar-refractivity contribution in [3.63, 3.8) is 0 Å². The number of Topliss-reactive ketones (excluding diaryl/α,β-unsaturated/α-hetero) is 1. The number of carbonyl (C=O) groups is 2. The minimum absolute atomic E-state index is 0.00551. The molecule has 1 fully saturated rings. The Bertz CT molecular complexity index is 295. The zero-order valence-electron chi connectivity index (χ0n) is 8.91. The minimum Gasteiger partial charge on any atom is -0.480 e. The van der Waals surface area contributed by atoms with Crippen molar-refractivity contribution >= 4 is 11.8 Å². The number of rotatable bonds is 4. The van der Waals surface area contributed by atoms with Crippen LogP contribution < -0.4 is 0 Å². The summed E-state index contributed by atoms with van der Waals surface area (Å²) in [7, 11) is 0. The van der Waals surface area contributed by atoms with Gasteiger partial charge in [0.1, 0.15) is 5.41 Å². The molecule has 0 amide bonds. The van der Waals surface area contributed by atoms with Crippen molar-refractivity contribution in [3.05, 3.63) is 12.2 Å². The molecule has 0 aromatic rings. The molecule has 15 heavy (non-hydrogen) atoms. The second-order valence-electron chi connectivity index (χ2n) is 4.07. The Balaban J connectivity index is 2.81. The summed E-state index contributed by atoms with van der Waals surface area (Å²) in [6, 6.07) is 0. The normalized spacial score (nSPS) is 26.3. The molecular formula is C11H16O4. The third kappa shape index (κ3) is 2.45. The zero-order valence-corrected chi connectivity index (χ0v) is 8.91. The summed E-state index contributed by atoms with van der Waals surface area (Å²) in [5, 5.41) is 9.14. The average Bonchev–Trinajstić information content (AvgIpc) is 2.16. The van der Waals surface area contributed by atoms with Crippen molar-refractivity contribution in [3.8, 4) is 0 Å². The van der Waals surface area contributed by atoms with E-state index in [0.29, 0.717) is 13.0 Å². The summed E-state index contributed by atoms with van der Waals surface area (Å²) in [6.45, 7) is 5.86. The van der Waals surface area contributed by atoms with Crippen molar-refractivity contribution in [2.75, 3.05) is 13.2 Å². The maximum absolute atomic E-state index is 11.7. The van der Waals surface area contributed by atoms with E-state index in [4.69, 9.17) is 9.84 Å². The van der Waals surface area contributed by atoms with E-state index in [9.17, 15) is 9.59 Å². The lowest BCUT2D eigenvalue weighted by Crippen LogP contribution is -2.47. The SMILES string of the molecule is C=C(C)CCC1(C(=O)O)COCCC1=O. The molecule has 0 bridgehead atoms. The Morgan fingerprint density at radius 2 is 2.33 bits per heavy atom. The lowest BCUT2D eigenvalue weighted by Gasteiger charge is -2.31. The fourth-order valence-corrected chi connectivity index (χ4v) is 1.66. The van der Waals surface area contributed by atoms with E-state index in [1.54, 1.807) is 0 Å². The van der Waals surface area contributed by atoms with E-state index in [1.165, 1.54) is 0 Å². The highest BCUT2D eigenvalue weighted by Crippen LogP contribution is 2.32. The Morgan fingerprint density at radius 1 is 1.67 bits per heavy atom. The van der Waals surface area contributed by atoms with Gasteiger partial charge in [-0.15, -0.1) is 6.58 Å². The number of ketones is 1. The van der Waals surface area contributed by atoms with Gasteiger partial charge >= 0.3 is 5.97 Å². The van der Waals surface area contributed by atoms with Gasteiger partial charge in [-0.05, 0) is 19.8 Å². The first-order valence-electron chi connectivity index (χ1n) is 4.98. The minimum atomic E-state index is -1.34. The molecule has 1 aliphatic heterocycles. The van der Waals surface area contributed by atoms with Gasteiger partial charge in [-0.25, -0.2) is 0 Å². The first-order valence-corrected chi connectivity index (χ1v) is 4.98. The topological polar surface area (TPSA) is 63.6 Å². The van der Waals surface area contributed by atoms with Crippen LogP contribution in [0, 0.1) is 5.41 Å². The molecule has 0 aromatic carbocycles. The largest absolute Gasteiger partial charge is 0.480 e. The first-order chi connectivity index (χ1) is 6.99. The molecule has 1 heterocycles. The van der Waals surface area contributed by atoms with E-state index in [0.717, 1.165) is 5.57 Å². The molecule has 0 aliphatic carbocycles. The summed E-state index contributed by atoms with van der Waals surface area (Å²) in [4.78, 5) is 22.8. The second kappa shape index (κ2) is 4.57. The van der Waals surface area contributed by atoms with Gasteiger partial charge in [0.2, 0.25) is 0 Å². The van der Waals surface area contributed by atoms with Crippen LogP contribution in [0.3, 0.4) is 0 Å². The van der Waals surface area contributed by atoms with Crippen LogP contribution in [-0.4, -0.2) is 30.1 Å². The van der Waals surface area contributed by atoms with Crippen LogP contribution in [0.15, 0.2) is 12.2 Å². The van der Waals surface area contributed by atoms with Gasteiger partial charge in [-0.3, -0.25) is 9.59 Å². The monoisotopic (exact) mass is 212 g/mol. The molecule has 4 heteroatoms. The van der Waals surface area contributed by atoms with Crippen molar-refractivity contribution in [2.24, 2.45) is 5.41 Å². The molecule has 0 saturated carbocycles. The maximum atomic E-state index is 11.7. The highest BCUT2D eigenvalue weighted by Gasteiger charge is 2.47. The second-order valence-corrected chi connectivity index (χ2v) is 4.07. The molecule has 0 aromatic heterocycles. The number of hydrogen-bond donors (Lipinski definition) is 1. The lowest BCUT2D eigenvalue weighted by molar-refractivity contribution is -0.164. The van der Waals surface area contributed by atoms with Crippen LogP contribution in [-0.2, 0) is 14.3 Å². The Morgan fingerprint density at radius 3 is 2.80 bits per heavy atom. The van der Waals surface area contributed by atoms with E-state index in [2.05, 4.69) is 6.58 Å². The molecule has 0 spiro atoms. The van der Waals surface area contributed by atoms with Gasteiger partial charge < -0.3 is 9.84 Å². The number of ether oxygens (including phenoxy) is 1. The molecule has 4 nitrogen and oxygen atoms in total. The summed E-state index contributed by atoms with van der Waals surface area (Å²) in [5.41, 5.74) is -0.453. The zero-order chi connectivity index (χ0) is 11.5. The van der Waals surface area contributed by atoms with Crippen molar-refractivity contribution in [1.82, 2.24) is 0 Å². The Labute approximate surface area is 88.9 Å². The van der Waals surface area contributed by atoms with E-state index in [-0.39, 0.29) is 25.2 Å². The number of carbonyl (C=O) groups excluding carboxylic acids is 1. The molecule has 1 unspecified atom stereocenters. The van der Waals surface area contributed by atoms with Crippen LogP contribution in [0.5, 0.6) is 0 Å². The van der Waals surface area contributed by atoms with Gasteiger partial charge in [-0.1, -0.05) is 5.57 Å². The molecule has 1 aliphatic rings. The maximum Gasteiger partial charge on any atom is 0.319 e. The fourth-order valence-electron chi connectivity index (χ4n) is 1.66. The molecule has 84 valence electrons. The van der Waals surface area contributed by atoms with Gasteiger partial charge in [0.05, 0.1) is 13.2 Å². The predicted octanol–water partition coefficient (Wildman–Crippen LogP) is 1.40. The third-order valence-corrected chi connectivity index (χ3v) is 2.74. The van der Waals surface area contributed by atoms with Crippen LogP contribution in [0.2, 0.25) is 0 Å². The summed E-state index contributed by atoms with van der Waals surface area (Å²) >= 11 is 0. The van der Waals surface area contributed by atoms with Gasteiger partial charge in [0.25, 0.3) is 0 Å². The summed E-state index contributed by atoms with van der Waals surface area (Å²) in [5.74, 6) is -1.30. The highest BCUT2D eigenvalue weighted by molar-refractivity contribution is 6.03. The van der Waals surface area contributed by atoms with Crippen LogP contribution in [0.25, 0.3) is 0 Å². The van der Waals surface area contributed by atoms with Crippen LogP contribution in [0.1, 0.15) is 26.2 Å². The first kappa shape index (κ1) is 11.9. The van der Waals surface area contributed by atoms with Crippen LogP contribution >= 0.6 is 0 Å². The Kier molecular flexibility index (Phi) is 3.63.